The second kappa shape index (κ2) is 9.37. The first-order valence-corrected chi connectivity index (χ1v) is 10.1. The molecule has 1 aromatic heterocycles. The van der Waals surface area contributed by atoms with Crippen LogP contribution < -0.4 is 9.64 Å². The Balaban J connectivity index is 1.39. The van der Waals surface area contributed by atoms with Crippen molar-refractivity contribution in [2.24, 2.45) is 0 Å². The molecular weight excluding hydrogens is 432 g/mol. The fraction of sp³-hybridized carbons (Fsp3) is 0.421. The molecule has 0 aliphatic carbocycles. The van der Waals surface area contributed by atoms with E-state index in [-0.39, 0.29) is 5.91 Å². The van der Waals surface area contributed by atoms with Crippen molar-refractivity contribution in [2.75, 3.05) is 37.7 Å². The van der Waals surface area contributed by atoms with E-state index in [1.54, 1.807) is 12.4 Å². The maximum atomic E-state index is 12.4. The van der Waals surface area contributed by atoms with Crippen molar-refractivity contribution in [3.05, 3.63) is 45.8 Å². The number of hydrogen-bond donors (Lipinski definition) is 0. The van der Waals surface area contributed by atoms with Crippen molar-refractivity contribution < 1.29 is 9.53 Å². The molecular formula is C19H22BrClN4O2. The summed E-state index contributed by atoms with van der Waals surface area (Å²) in [6.45, 7) is 5.41. The summed E-state index contributed by atoms with van der Waals surface area (Å²) in [5.74, 6) is 1.73. The number of aryl methyl sites for hydroxylation is 1. The first kappa shape index (κ1) is 19.9. The summed E-state index contributed by atoms with van der Waals surface area (Å²) in [5, 5.41) is 0.562. The molecule has 1 fully saturated rings. The average molecular weight is 454 g/mol. The SMILES string of the molecule is Cc1cc(N2CCN(C(=O)CCCOc3ccc(Br)cc3Cl)CC2)ncn1. The highest BCUT2D eigenvalue weighted by molar-refractivity contribution is 9.10. The summed E-state index contributed by atoms with van der Waals surface area (Å²) >= 11 is 9.49. The molecule has 0 spiro atoms. The number of ether oxygens (including phenoxy) is 1. The van der Waals surface area contributed by atoms with Gasteiger partial charge in [-0.15, -0.1) is 0 Å². The lowest BCUT2D eigenvalue weighted by Crippen LogP contribution is -2.49. The number of aromatic nitrogens is 2. The molecule has 0 unspecified atom stereocenters. The molecule has 0 N–H and O–H groups in total. The molecule has 0 radical (unpaired) electrons. The number of benzene rings is 1. The van der Waals surface area contributed by atoms with E-state index >= 15 is 0 Å². The fourth-order valence-electron chi connectivity index (χ4n) is 2.95. The highest BCUT2D eigenvalue weighted by Gasteiger charge is 2.21. The van der Waals surface area contributed by atoms with E-state index < -0.39 is 0 Å². The third-order valence-corrected chi connectivity index (χ3v) is 5.22. The van der Waals surface area contributed by atoms with Gasteiger partial charge >= 0.3 is 0 Å². The lowest BCUT2D eigenvalue weighted by Gasteiger charge is -2.35. The molecule has 1 aliphatic heterocycles. The number of amides is 1. The van der Waals surface area contributed by atoms with Crippen molar-refractivity contribution in [1.82, 2.24) is 14.9 Å². The predicted molar refractivity (Wildman–Crippen MR) is 109 cm³/mol. The molecule has 2 aromatic rings. The van der Waals surface area contributed by atoms with Gasteiger partial charge in [0.05, 0.1) is 11.6 Å². The summed E-state index contributed by atoms with van der Waals surface area (Å²) in [7, 11) is 0. The highest BCUT2D eigenvalue weighted by Crippen LogP contribution is 2.27. The van der Waals surface area contributed by atoms with E-state index in [9.17, 15) is 4.79 Å². The standard InChI is InChI=1S/C19H22BrClN4O2/c1-14-11-18(23-13-22-14)24-6-8-25(9-7-24)19(26)3-2-10-27-17-5-4-15(20)12-16(17)21/h4-5,11-13H,2-3,6-10H2,1H3. The van der Waals surface area contributed by atoms with Gasteiger partial charge in [-0.1, -0.05) is 27.5 Å². The van der Waals surface area contributed by atoms with Crippen molar-refractivity contribution >= 4 is 39.3 Å². The van der Waals surface area contributed by atoms with Crippen LogP contribution in [0.1, 0.15) is 18.5 Å². The monoisotopic (exact) mass is 452 g/mol. The topological polar surface area (TPSA) is 58.6 Å². The number of carbonyl (C=O) groups is 1. The van der Waals surface area contributed by atoms with Gasteiger partial charge in [0.2, 0.25) is 5.91 Å². The van der Waals surface area contributed by atoms with Crippen LogP contribution in [0.15, 0.2) is 35.1 Å². The Morgan fingerprint density at radius 1 is 1.22 bits per heavy atom. The number of halogens is 2. The molecule has 0 bridgehead atoms. The first-order valence-electron chi connectivity index (χ1n) is 8.92. The molecule has 1 amide bonds. The molecule has 0 saturated carbocycles. The zero-order valence-electron chi connectivity index (χ0n) is 15.2. The van der Waals surface area contributed by atoms with Gasteiger partial charge in [-0.05, 0) is 31.5 Å². The molecule has 1 aliphatic rings. The largest absolute Gasteiger partial charge is 0.492 e. The second-order valence-corrected chi connectivity index (χ2v) is 7.74. The lowest BCUT2D eigenvalue weighted by molar-refractivity contribution is -0.131. The van der Waals surface area contributed by atoms with Crippen LogP contribution in [0.3, 0.4) is 0 Å². The van der Waals surface area contributed by atoms with E-state index in [0.717, 1.165) is 29.1 Å². The minimum atomic E-state index is 0.166. The van der Waals surface area contributed by atoms with E-state index in [1.807, 2.05) is 30.0 Å². The Bertz CT molecular complexity index is 797. The van der Waals surface area contributed by atoms with Gasteiger partial charge in [-0.3, -0.25) is 4.79 Å². The van der Waals surface area contributed by atoms with E-state index in [2.05, 4.69) is 30.8 Å². The molecule has 6 nitrogen and oxygen atoms in total. The van der Waals surface area contributed by atoms with E-state index in [4.69, 9.17) is 16.3 Å². The van der Waals surface area contributed by atoms with Crippen LogP contribution in [-0.2, 0) is 4.79 Å². The zero-order chi connectivity index (χ0) is 19.2. The minimum absolute atomic E-state index is 0.166. The van der Waals surface area contributed by atoms with Crippen LogP contribution in [-0.4, -0.2) is 53.6 Å². The summed E-state index contributed by atoms with van der Waals surface area (Å²) in [4.78, 5) is 25.0. The predicted octanol–water partition coefficient (Wildman–Crippen LogP) is 3.71. The number of hydrogen-bond acceptors (Lipinski definition) is 5. The second-order valence-electron chi connectivity index (χ2n) is 6.41. The Morgan fingerprint density at radius 3 is 2.70 bits per heavy atom. The van der Waals surface area contributed by atoms with Gasteiger partial charge < -0.3 is 14.5 Å². The Labute approximate surface area is 172 Å². The Morgan fingerprint density at radius 2 is 2.00 bits per heavy atom. The quantitative estimate of drug-likeness (QED) is 0.624. The molecule has 27 heavy (non-hydrogen) atoms. The van der Waals surface area contributed by atoms with Crippen molar-refractivity contribution in [2.45, 2.75) is 19.8 Å². The zero-order valence-corrected chi connectivity index (χ0v) is 17.5. The average Bonchev–Trinajstić information content (AvgIpc) is 2.66. The van der Waals surface area contributed by atoms with Crippen LogP contribution in [0.5, 0.6) is 5.75 Å². The third kappa shape index (κ3) is 5.56. The van der Waals surface area contributed by atoms with Gasteiger partial charge in [0.15, 0.2) is 0 Å². The normalized spacial score (nSPS) is 14.3. The maximum absolute atomic E-state index is 12.4. The van der Waals surface area contributed by atoms with Crippen molar-refractivity contribution in [3.8, 4) is 5.75 Å². The van der Waals surface area contributed by atoms with Crippen LogP contribution in [0.2, 0.25) is 5.02 Å². The molecule has 3 rings (SSSR count). The molecule has 0 atom stereocenters. The van der Waals surface area contributed by atoms with Crippen LogP contribution in [0.25, 0.3) is 0 Å². The molecule has 8 heteroatoms. The number of piperazine rings is 1. The minimum Gasteiger partial charge on any atom is -0.492 e. The Kier molecular flexibility index (Phi) is 6.90. The van der Waals surface area contributed by atoms with Crippen LogP contribution in [0, 0.1) is 6.92 Å². The summed E-state index contributed by atoms with van der Waals surface area (Å²) < 4.78 is 6.58. The van der Waals surface area contributed by atoms with E-state index in [0.29, 0.717) is 43.3 Å². The third-order valence-electron chi connectivity index (χ3n) is 4.43. The van der Waals surface area contributed by atoms with Crippen molar-refractivity contribution in [3.63, 3.8) is 0 Å². The maximum Gasteiger partial charge on any atom is 0.222 e. The first-order chi connectivity index (χ1) is 13.0. The van der Waals surface area contributed by atoms with Gasteiger partial charge in [-0.25, -0.2) is 9.97 Å². The number of carbonyl (C=O) groups excluding carboxylic acids is 1. The van der Waals surface area contributed by atoms with Gasteiger partial charge in [-0.2, -0.15) is 0 Å². The molecule has 1 saturated heterocycles. The van der Waals surface area contributed by atoms with E-state index in [1.165, 1.54) is 0 Å². The fourth-order valence-corrected chi connectivity index (χ4v) is 3.68. The smallest absolute Gasteiger partial charge is 0.222 e. The molecule has 2 heterocycles. The molecule has 144 valence electrons. The summed E-state index contributed by atoms with van der Waals surface area (Å²) in [6.07, 6.45) is 2.72. The van der Waals surface area contributed by atoms with Gasteiger partial charge in [0, 0.05) is 48.8 Å². The van der Waals surface area contributed by atoms with Gasteiger partial charge in [0.25, 0.3) is 0 Å². The highest BCUT2D eigenvalue weighted by atomic mass is 79.9. The van der Waals surface area contributed by atoms with Crippen LogP contribution in [0.4, 0.5) is 5.82 Å². The number of anilines is 1. The van der Waals surface area contributed by atoms with Crippen molar-refractivity contribution in [1.29, 1.82) is 0 Å². The van der Waals surface area contributed by atoms with Gasteiger partial charge in [0.1, 0.15) is 17.9 Å². The van der Waals surface area contributed by atoms with Crippen LogP contribution >= 0.6 is 27.5 Å². The molecule has 1 aromatic carbocycles. The number of nitrogens with zero attached hydrogens (tertiary/aromatic N) is 4. The summed E-state index contributed by atoms with van der Waals surface area (Å²) in [5.41, 5.74) is 0.949. The summed E-state index contributed by atoms with van der Waals surface area (Å²) in [6, 6.07) is 7.47. The lowest BCUT2D eigenvalue weighted by atomic mass is 10.2. The Hall–Kier alpha value is -1.86. The number of rotatable bonds is 6.